The largest absolute Gasteiger partial charge is 0.429 e. The fraction of sp³-hybridized carbons (Fsp3) is 0.125. The van der Waals surface area contributed by atoms with Gasteiger partial charge in [0.25, 0.3) is 0 Å². The van der Waals surface area contributed by atoms with Crippen LogP contribution in [0.1, 0.15) is 18.1 Å². The van der Waals surface area contributed by atoms with E-state index in [9.17, 15) is 13.2 Å². The average molecular weight is 313 g/mol. The lowest BCUT2D eigenvalue weighted by Gasteiger charge is -2.18. The Morgan fingerprint density at radius 2 is 1.76 bits per heavy atom. The molecule has 0 radical (unpaired) electrons. The molecular weight excluding hydrogens is 301 g/mol. The van der Waals surface area contributed by atoms with E-state index < -0.39 is 11.9 Å². The van der Waals surface area contributed by atoms with Crippen molar-refractivity contribution >= 4 is 17.7 Å². The maximum Gasteiger partial charge on any atom is 0.426 e. The van der Waals surface area contributed by atoms with Gasteiger partial charge in [-0.25, -0.2) is 4.39 Å². The Morgan fingerprint density at radius 3 is 2.33 bits per heavy atom. The molecule has 2 aromatic carbocycles. The summed E-state index contributed by atoms with van der Waals surface area (Å²) in [6, 6.07) is 8.81. The number of hydrogen-bond acceptors (Lipinski definition) is 1. The summed E-state index contributed by atoms with van der Waals surface area (Å²) in [4.78, 5) is 0. The summed E-state index contributed by atoms with van der Waals surface area (Å²) in [5.74, 6) is -1.10. The van der Waals surface area contributed by atoms with Crippen molar-refractivity contribution in [3.05, 3.63) is 70.5 Å². The van der Waals surface area contributed by atoms with Crippen LogP contribution in [0, 0.1) is 5.82 Å². The van der Waals surface area contributed by atoms with Gasteiger partial charge >= 0.3 is 6.11 Å². The molecule has 0 N–H and O–H groups in total. The van der Waals surface area contributed by atoms with Crippen molar-refractivity contribution in [1.82, 2.24) is 0 Å². The van der Waals surface area contributed by atoms with E-state index in [1.165, 1.54) is 18.2 Å². The van der Waals surface area contributed by atoms with E-state index in [4.69, 9.17) is 11.6 Å². The zero-order valence-electron chi connectivity index (χ0n) is 11.1. The van der Waals surface area contributed by atoms with Crippen LogP contribution < -0.4 is 4.74 Å². The van der Waals surface area contributed by atoms with Crippen molar-refractivity contribution in [2.45, 2.75) is 13.0 Å². The summed E-state index contributed by atoms with van der Waals surface area (Å²) < 4.78 is 45.8. The molecule has 0 aromatic heterocycles. The summed E-state index contributed by atoms with van der Waals surface area (Å²) in [5, 5.41) is -0.152. The Bertz CT molecular complexity index is 651. The first-order valence-corrected chi connectivity index (χ1v) is 6.55. The number of halogens is 4. The van der Waals surface area contributed by atoms with Crippen molar-refractivity contribution in [3.8, 4) is 5.75 Å². The number of allylic oxidation sites excluding steroid dienone is 1. The molecule has 0 saturated carbocycles. The van der Waals surface area contributed by atoms with E-state index >= 15 is 0 Å². The molecule has 21 heavy (non-hydrogen) atoms. The second kappa shape index (κ2) is 6.22. The van der Waals surface area contributed by atoms with E-state index in [1.807, 2.05) is 6.92 Å². The minimum atomic E-state index is -3.56. The van der Waals surface area contributed by atoms with Crippen LogP contribution in [-0.2, 0) is 6.11 Å². The van der Waals surface area contributed by atoms with E-state index in [1.54, 1.807) is 24.3 Å². The van der Waals surface area contributed by atoms with E-state index in [0.717, 1.165) is 17.7 Å². The van der Waals surface area contributed by atoms with Gasteiger partial charge in [-0.05, 0) is 36.8 Å². The molecule has 0 atom stereocenters. The maximum absolute atomic E-state index is 14.0. The van der Waals surface area contributed by atoms with Crippen LogP contribution in [0.25, 0.3) is 6.08 Å². The quantitative estimate of drug-likeness (QED) is 0.710. The van der Waals surface area contributed by atoms with E-state index in [-0.39, 0.29) is 16.3 Å². The Hall–Kier alpha value is -1.94. The van der Waals surface area contributed by atoms with Gasteiger partial charge in [0.15, 0.2) is 0 Å². The predicted molar refractivity (Wildman–Crippen MR) is 77.1 cm³/mol. The fourth-order valence-electron chi connectivity index (χ4n) is 1.73. The van der Waals surface area contributed by atoms with Gasteiger partial charge in [0.2, 0.25) is 0 Å². The number of ether oxygens (including phenoxy) is 1. The third kappa shape index (κ3) is 3.79. The van der Waals surface area contributed by atoms with Crippen molar-refractivity contribution in [1.29, 1.82) is 0 Å². The molecule has 0 heterocycles. The Labute approximate surface area is 125 Å². The maximum atomic E-state index is 14.0. The van der Waals surface area contributed by atoms with Gasteiger partial charge in [0.05, 0.1) is 10.6 Å². The second-order valence-electron chi connectivity index (χ2n) is 4.32. The van der Waals surface area contributed by atoms with Crippen molar-refractivity contribution in [3.63, 3.8) is 0 Å². The van der Waals surface area contributed by atoms with Crippen LogP contribution in [0.4, 0.5) is 13.2 Å². The monoisotopic (exact) mass is 312 g/mol. The van der Waals surface area contributed by atoms with Gasteiger partial charge in [0, 0.05) is 6.07 Å². The molecule has 0 saturated heterocycles. The summed E-state index contributed by atoms with van der Waals surface area (Å²) >= 11 is 5.49. The predicted octanol–water partition coefficient (Wildman–Crippen LogP) is 5.64. The summed E-state index contributed by atoms with van der Waals surface area (Å²) in [5.41, 5.74) is 0.487. The lowest BCUT2D eigenvalue weighted by Crippen LogP contribution is -2.21. The molecule has 0 spiro atoms. The SMILES string of the molecule is C/C=C/c1ccc(C(F)(F)Oc2ccc(Cl)c(F)c2)cc1. The topological polar surface area (TPSA) is 9.23 Å². The van der Waals surface area contributed by atoms with Crippen LogP contribution in [-0.4, -0.2) is 0 Å². The molecule has 5 heteroatoms. The minimum absolute atomic E-state index is 0.152. The van der Waals surface area contributed by atoms with Crippen molar-refractivity contribution in [2.75, 3.05) is 0 Å². The molecule has 110 valence electrons. The number of alkyl halides is 2. The zero-order chi connectivity index (χ0) is 15.5. The third-order valence-electron chi connectivity index (χ3n) is 2.74. The zero-order valence-corrected chi connectivity index (χ0v) is 11.9. The van der Waals surface area contributed by atoms with Crippen LogP contribution in [0.15, 0.2) is 48.5 Å². The highest BCUT2D eigenvalue weighted by Crippen LogP contribution is 2.33. The van der Waals surface area contributed by atoms with Crippen molar-refractivity contribution in [2.24, 2.45) is 0 Å². The first-order chi connectivity index (χ1) is 9.92. The molecule has 0 fully saturated rings. The Kier molecular flexibility index (Phi) is 4.58. The minimum Gasteiger partial charge on any atom is -0.429 e. The summed E-state index contributed by atoms with van der Waals surface area (Å²) in [7, 11) is 0. The van der Waals surface area contributed by atoms with Crippen LogP contribution in [0.5, 0.6) is 5.75 Å². The Morgan fingerprint density at radius 1 is 1.10 bits per heavy atom. The van der Waals surface area contributed by atoms with Gasteiger partial charge in [-0.2, -0.15) is 8.78 Å². The molecule has 2 rings (SSSR count). The second-order valence-corrected chi connectivity index (χ2v) is 4.72. The smallest absolute Gasteiger partial charge is 0.426 e. The molecule has 0 bridgehead atoms. The first-order valence-electron chi connectivity index (χ1n) is 6.17. The molecule has 0 aliphatic heterocycles. The number of rotatable bonds is 4. The summed E-state index contributed by atoms with van der Waals surface area (Å²) in [6.45, 7) is 1.83. The highest BCUT2D eigenvalue weighted by atomic mass is 35.5. The lowest BCUT2D eigenvalue weighted by atomic mass is 10.1. The standard InChI is InChI=1S/C16H12ClF3O/c1-2-3-11-4-6-12(7-5-11)16(19,20)21-13-8-9-14(17)15(18)10-13/h2-10H,1H3/b3-2+. The van der Waals surface area contributed by atoms with Gasteiger partial charge in [-0.15, -0.1) is 0 Å². The molecule has 0 amide bonds. The highest BCUT2D eigenvalue weighted by molar-refractivity contribution is 6.30. The molecule has 0 unspecified atom stereocenters. The normalized spacial score (nSPS) is 11.9. The number of hydrogen-bond donors (Lipinski definition) is 0. The number of benzene rings is 2. The molecule has 0 aliphatic rings. The molecule has 0 aliphatic carbocycles. The summed E-state index contributed by atoms with van der Waals surface area (Å²) in [6.07, 6.45) is 0.0339. The van der Waals surface area contributed by atoms with E-state index in [0.29, 0.717) is 0 Å². The fourth-order valence-corrected chi connectivity index (χ4v) is 1.85. The average Bonchev–Trinajstić information content (AvgIpc) is 2.44. The molecule has 1 nitrogen and oxygen atoms in total. The van der Waals surface area contributed by atoms with Gasteiger partial charge in [0.1, 0.15) is 11.6 Å². The van der Waals surface area contributed by atoms with Crippen LogP contribution in [0.2, 0.25) is 5.02 Å². The molecular formula is C16H12ClF3O. The van der Waals surface area contributed by atoms with Crippen molar-refractivity contribution < 1.29 is 17.9 Å². The Balaban J connectivity index is 2.22. The first kappa shape index (κ1) is 15.4. The highest BCUT2D eigenvalue weighted by Gasteiger charge is 2.34. The van der Waals surface area contributed by atoms with Crippen LogP contribution in [0.3, 0.4) is 0 Å². The molecule has 2 aromatic rings. The van der Waals surface area contributed by atoms with E-state index in [2.05, 4.69) is 4.74 Å². The third-order valence-corrected chi connectivity index (χ3v) is 3.05. The van der Waals surface area contributed by atoms with Gasteiger partial charge in [-0.3, -0.25) is 0 Å². The van der Waals surface area contributed by atoms with Gasteiger partial charge in [-0.1, -0.05) is 35.9 Å². The van der Waals surface area contributed by atoms with Crippen LogP contribution >= 0.6 is 11.6 Å². The van der Waals surface area contributed by atoms with Gasteiger partial charge < -0.3 is 4.74 Å². The lowest BCUT2D eigenvalue weighted by molar-refractivity contribution is -0.185.